The quantitative estimate of drug-likeness (QED) is 0.597. The van der Waals surface area contributed by atoms with E-state index >= 15 is 0 Å². The normalized spacial score (nSPS) is 9.30. The summed E-state index contributed by atoms with van der Waals surface area (Å²) in [5.74, 6) is 0. The molecule has 0 saturated heterocycles. The third-order valence-corrected chi connectivity index (χ3v) is 1.19. The summed E-state index contributed by atoms with van der Waals surface area (Å²) in [6, 6.07) is 1.72. The second kappa shape index (κ2) is 3.08. The van der Waals surface area contributed by atoms with E-state index in [1.165, 1.54) is 6.20 Å². The smallest absolute Gasteiger partial charge is 0.151 e. The minimum Gasteiger partial charge on any atom is -0.326 e. The molecule has 3 nitrogen and oxygen atoms in total. The van der Waals surface area contributed by atoms with Crippen molar-refractivity contribution in [3.8, 4) is 0 Å². The Kier molecular flexibility index (Phi) is 2.12. The third-order valence-electron chi connectivity index (χ3n) is 1.19. The van der Waals surface area contributed by atoms with Crippen molar-refractivity contribution in [3.05, 3.63) is 29.6 Å². The summed E-state index contributed by atoms with van der Waals surface area (Å²) in [6.45, 7) is 0.425. The second-order valence-corrected chi connectivity index (χ2v) is 1.95. The lowest BCUT2D eigenvalue weighted by molar-refractivity contribution is 0.112. The Bertz CT molecular complexity index is 235. The van der Waals surface area contributed by atoms with E-state index in [9.17, 15) is 4.79 Å². The number of nitrogens with zero attached hydrogens (tertiary/aromatic N) is 1. The molecule has 1 heterocycles. The van der Waals surface area contributed by atoms with Crippen LogP contribution >= 0.6 is 0 Å². The molecule has 0 aromatic carbocycles. The van der Waals surface area contributed by atoms with Gasteiger partial charge in [-0.15, -0.1) is 0 Å². The zero-order chi connectivity index (χ0) is 7.40. The average molecular weight is 136 g/mol. The van der Waals surface area contributed by atoms with Crippen LogP contribution in [0.15, 0.2) is 18.5 Å². The number of nitrogens with two attached hydrogens (primary N) is 1. The van der Waals surface area contributed by atoms with Gasteiger partial charge in [-0.1, -0.05) is 0 Å². The first-order valence-electron chi connectivity index (χ1n) is 2.96. The molecular formula is C7H8N2O. The standard InChI is InChI=1S/C7H8N2O/c8-2-6-1-7(5-10)4-9-3-6/h1,3-5H,2,8H2. The lowest BCUT2D eigenvalue weighted by atomic mass is 10.2. The second-order valence-electron chi connectivity index (χ2n) is 1.95. The van der Waals surface area contributed by atoms with E-state index in [1.807, 2.05) is 0 Å². The van der Waals surface area contributed by atoms with Gasteiger partial charge in [-0.25, -0.2) is 0 Å². The van der Waals surface area contributed by atoms with Gasteiger partial charge < -0.3 is 5.73 Å². The highest BCUT2D eigenvalue weighted by Gasteiger charge is 1.91. The molecule has 0 aliphatic carbocycles. The molecule has 0 bridgehead atoms. The molecule has 0 unspecified atom stereocenters. The number of aromatic nitrogens is 1. The molecule has 1 aromatic rings. The highest BCUT2D eigenvalue weighted by molar-refractivity contribution is 5.74. The number of rotatable bonds is 2. The van der Waals surface area contributed by atoms with Crippen LogP contribution in [-0.2, 0) is 6.54 Å². The SMILES string of the molecule is NCc1cncc(C=O)c1. The largest absolute Gasteiger partial charge is 0.326 e. The van der Waals surface area contributed by atoms with Crippen molar-refractivity contribution >= 4 is 6.29 Å². The number of pyridine rings is 1. The van der Waals surface area contributed by atoms with E-state index in [4.69, 9.17) is 5.73 Å². The van der Waals surface area contributed by atoms with Crippen LogP contribution < -0.4 is 5.73 Å². The van der Waals surface area contributed by atoms with E-state index in [0.717, 1.165) is 11.8 Å². The van der Waals surface area contributed by atoms with Crippen molar-refractivity contribution in [3.63, 3.8) is 0 Å². The predicted molar refractivity (Wildman–Crippen MR) is 37.5 cm³/mol. The monoisotopic (exact) mass is 136 g/mol. The maximum atomic E-state index is 10.2. The lowest BCUT2D eigenvalue weighted by Gasteiger charge is -1.93. The number of hydrogen-bond acceptors (Lipinski definition) is 3. The molecular weight excluding hydrogens is 128 g/mol. The number of hydrogen-bond donors (Lipinski definition) is 1. The molecule has 0 aliphatic rings. The predicted octanol–water partition coefficient (Wildman–Crippen LogP) is 0.353. The molecule has 1 rings (SSSR count). The van der Waals surface area contributed by atoms with Crippen LogP contribution in [0.4, 0.5) is 0 Å². The van der Waals surface area contributed by atoms with Gasteiger partial charge in [-0.2, -0.15) is 0 Å². The lowest BCUT2D eigenvalue weighted by Crippen LogP contribution is -1.97. The van der Waals surface area contributed by atoms with Crippen LogP contribution in [0.2, 0.25) is 0 Å². The van der Waals surface area contributed by atoms with Gasteiger partial charge in [-0.05, 0) is 11.6 Å². The van der Waals surface area contributed by atoms with Gasteiger partial charge in [0.1, 0.15) is 0 Å². The third kappa shape index (κ3) is 1.39. The molecule has 1 aromatic heterocycles. The molecule has 10 heavy (non-hydrogen) atoms. The Balaban J connectivity index is 2.98. The van der Waals surface area contributed by atoms with Crippen LogP contribution in [0.25, 0.3) is 0 Å². The summed E-state index contributed by atoms with van der Waals surface area (Å²) in [7, 11) is 0. The van der Waals surface area contributed by atoms with Gasteiger partial charge in [0, 0.05) is 24.5 Å². The van der Waals surface area contributed by atoms with Gasteiger partial charge in [0.2, 0.25) is 0 Å². The Morgan fingerprint density at radius 3 is 3.00 bits per heavy atom. The molecule has 0 atom stereocenters. The Morgan fingerprint density at radius 2 is 2.40 bits per heavy atom. The topological polar surface area (TPSA) is 56.0 Å². The summed E-state index contributed by atoms with van der Waals surface area (Å²) in [6.07, 6.45) is 3.91. The van der Waals surface area contributed by atoms with Crippen molar-refractivity contribution in [1.29, 1.82) is 0 Å². The van der Waals surface area contributed by atoms with Crippen LogP contribution in [0, 0.1) is 0 Å². The van der Waals surface area contributed by atoms with E-state index in [0.29, 0.717) is 12.1 Å². The van der Waals surface area contributed by atoms with Gasteiger partial charge in [0.05, 0.1) is 0 Å². The van der Waals surface area contributed by atoms with E-state index < -0.39 is 0 Å². The summed E-state index contributed by atoms with van der Waals surface area (Å²) >= 11 is 0. The molecule has 3 heteroatoms. The maximum Gasteiger partial charge on any atom is 0.151 e. The van der Waals surface area contributed by atoms with Crippen LogP contribution in [0.1, 0.15) is 15.9 Å². The van der Waals surface area contributed by atoms with Crippen molar-refractivity contribution in [2.45, 2.75) is 6.54 Å². The Labute approximate surface area is 58.9 Å². The first kappa shape index (κ1) is 6.89. The number of aldehydes is 1. The van der Waals surface area contributed by atoms with E-state index in [-0.39, 0.29) is 0 Å². The van der Waals surface area contributed by atoms with Gasteiger partial charge in [0.15, 0.2) is 6.29 Å². The Morgan fingerprint density at radius 1 is 1.60 bits per heavy atom. The summed E-state index contributed by atoms with van der Waals surface area (Å²) in [5, 5.41) is 0. The van der Waals surface area contributed by atoms with Crippen LogP contribution in [0.3, 0.4) is 0 Å². The molecule has 0 spiro atoms. The molecule has 2 N–H and O–H groups in total. The average Bonchev–Trinajstić information content (AvgIpc) is 2.05. The van der Waals surface area contributed by atoms with E-state index in [2.05, 4.69) is 4.98 Å². The van der Waals surface area contributed by atoms with Crippen molar-refractivity contribution in [2.75, 3.05) is 0 Å². The molecule has 0 radical (unpaired) electrons. The highest BCUT2D eigenvalue weighted by Crippen LogP contribution is 1.97. The molecule has 0 saturated carbocycles. The van der Waals surface area contributed by atoms with Gasteiger partial charge in [0.25, 0.3) is 0 Å². The minimum absolute atomic E-state index is 0.425. The summed E-state index contributed by atoms with van der Waals surface area (Å²) in [4.78, 5) is 14.0. The zero-order valence-electron chi connectivity index (χ0n) is 5.45. The zero-order valence-corrected chi connectivity index (χ0v) is 5.45. The van der Waals surface area contributed by atoms with Crippen LogP contribution in [0.5, 0.6) is 0 Å². The number of carbonyl (C=O) groups excluding carboxylic acids is 1. The van der Waals surface area contributed by atoms with Gasteiger partial charge >= 0.3 is 0 Å². The first-order valence-corrected chi connectivity index (χ1v) is 2.96. The Hall–Kier alpha value is -1.22. The fraction of sp³-hybridized carbons (Fsp3) is 0.143. The summed E-state index contributed by atoms with van der Waals surface area (Å²) in [5.41, 5.74) is 6.77. The minimum atomic E-state index is 0.425. The highest BCUT2D eigenvalue weighted by atomic mass is 16.1. The first-order chi connectivity index (χ1) is 4.86. The van der Waals surface area contributed by atoms with Crippen LogP contribution in [-0.4, -0.2) is 11.3 Å². The molecule has 0 amide bonds. The van der Waals surface area contributed by atoms with Crippen molar-refractivity contribution in [2.24, 2.45) is 5.73 Å². The fourth-order valence-electron chi connectivity index (χ4n) is 0.684. The van der Waals surface area contributed by atoms with Gasteiger partial charge in [-0.3, -0.25) is 9.78 Å². The maximum absolute atomic E-state index is 10.2. The molecule has 52 valence electrons. The molecule has 0 aliphatic heterocycles. The number of carbonyl (C=O) groups is 1. The van der Waals surface area contributed by atoms with E-state index in [1.54, 1.807) is 12.3 Å². The van der Waals surface area contributed by atoms with Crippen molar-refractivity contribution in [1.82, 2.24) is 4.98 Å². The fourth-order valence-corrected chi connectivity index (χ4v) is 0.684. The van der Waals surface area contributed by atoms with Crippen molar-refractivity contribution < 1.29 is 4.79 Å². The summed E-state index contributed by atoms with van der Waals surface area (Å²) < 4.78 is 0. The molecule has 0 fully saturated rings.